The van der Waals surface area contributed by atoms with Crippen LogP contribution in [0.4, 0.5) is 0 Å². The van der Waals surface area contributed by atoms with E-state index in [1.807, 2.05) is 24.3 Å². The van der Waals surface area contributed by atoms with E-state index < -0.39 is 0 Å². The fourth-order valence-corrected chi connectivity index (χ4v) is 2.59. The van der Waals surface area contributed by atoms with E-state index in [2.05, 4.69) is 18.8 Å². The van der Waals surface area contributed by atoms with Gasteiger partial charge in [-0.1, -0.05) is 26.0 Å². The molecule has 0 radical (unpaired) electrons. The summed E-state index contributed by atoms with van der Waals surface area (Å²) in [4.78, 5) is 4.46. The van der Waals surface area contributed by atoms with Crippen LogP contribution in [0.25, 0.3) is 11.1 Å². The van der Waals surface area contributed by atoms with E-state index in [1.165, 1.54) is 6.42 Å². The summed E-state index contributed by atoms with van der Waals surface area (Å²) in [7, 11) is 0. The molecule has 2 unspecified atom stereocenters. The number of oxazole rings is 1. The molecule has 17 heavy (non-hydrogen) atoms. The van der Waals surface area contributed by atoms with Crippen molar-refractivity contribution in [3.05, 3.63) is 30.2 Å². The maximum Gasteiger partial charge on any atom is 0.197 e. The Kier molecular flexibility index (Phi) is 2.26. The highest BCUT2D eigenvalue weighted by Crippen LogP contribution is 2.53. The predicted octanol–water partition coefficient (Wildman–Crippen LogP) is 2.74. The number of benzene rings is 1. The quantitative estimate of drug-likeness (QED) is 0.882. The lowest BCUT2D eigenvalue weighted by Crippen LogP contribution is -2.27. The Morgan fingerprint density at radius 2 is 2.18 bits per heavy atom. The van der Waals surface area contributed by atoms with Crippen LogP contribution >= 0.6 is 0 Å². The van der Waals surface area contributed by atoms with Gasteiger partial charge in [-0.05, 0) is 29.9 Å². The van der Waals surface area contributed by atoms with E-state index in [0.717, 1.165) is 23.4 Å². The average Bonchev–Trinajstić information content (AvgIpc) is 2.73. The molecule has 1 aliphatic carbocycles. The van der Waals surface area contributed by atoms with Gasteiger partial charge in [-0.2, -0.15) is 0 Å². The number of rotatable bonds is 3. The van der Waals surface area contributed by atoms with Crippen LogP contribution in [0.15, 0.2) is 28.7 Å². The topological polar surface area (TPSA) is 52.0 Å². The van der Waals surface area contributed by atoms with E-state index in [0.29, 0.717) is 11.3 Å². The number of nitrogens with zero attached hydrogens (tertiary/aromatic N) is 1. The molecule has 3 heteroatoms. The van der Waals surface area contributed by atoms with Gasteiger partial charge in [0.15, 0.2) is 11.5 Å². The Bertz CT molecular complexity index is 511. The summed E-state index contributed by atoms with van der Waals surface area (Å²) < 4.78 is 5.69. The number of hydrogen-bond donors (Lipinski definition) is 1. The molecule has 0 spiro atoms. The summed E-state index contributed by atoms with van der Waals surface area (Å²) in [5.74, 6) is 1.37. The van der Waals surface area contributed by atoms with Crippen LogP contribution in [0.1, 0.15) is 26.2 Å². The van der Waals surface area contributed by atoms with Crippen molar-refractivity contribution in [1.82, 2.24) is 4.98 Å². The number of nitrogens with two attached hydrogens (primary N) is 1. The zero-order valence-corrected chi connectivity index (χ0v) is 10.3. The van der Waals surface area contributed by atoms with E-state index in [9.17, 15) is 0 Å². The summed E-state index contributed by atoms with van der Waals surface area (Å²) in [5.41, 5.74) is 8.39. The van der Waals surface area contributed by atoms with Gasteiger partial charge in [0.2, 0.25) is 0 Å². The van der Waals surface area contributed by atoms with Crippen molar-refractivity contribution in [2.24, 2.45) is 17.1 Å². The summed E-state index contributed by atoms with van der Waals surface area (Å²) in [5, 5.41) is 0. The first-order chi connectivity index (χ1) is 8.06. The van der Waals surface area contributed by atoms with Gasteiger partial charge in [-0.25, -0.2) is 4.98 Å². The lowest BCUT2D eigenvalue weighted by atomic mass is 10.0. The Labute approximate surface area is 101 Å². The molecule has 0 bridgehead atoms. The second-order valence-corrected chi connectivity index (χ2v) is 5.74. The van der Waals surface area contributed by atoms with Gasteiger partial charge in [0.25, 0.3) is 0 Å². The van der Waals surface area contributed by atoms with Gasteiger partial charge in [-0.15, -0.1) is 0 Å². The van der Waals surface area contributed by atoms with Gasteiger partial charge in [-0.3, -0.25) is 0 Å². The minimum absolute atomic E-state index is 0.165. The molecule has 2 aromatic rings. The van der Waals surface area contributed by atoms with Gasteiger partial charge in [0.05, 0.1) is 0 Å². The SMILES string of the molecule is CC1(C)CC1C(N)Cc1nc2ccccc2o1. The van der Waals surface area contributed by atoms with Gasteiger partial charge < -0.3 is 10.2 Å². The molecule has 3 nitrogen and oxygen atoms in total. The molecule has 0 amide bonds. The largest absolute Gasteiger partial charge is 0.441 e. The maximum absolute atomic E-state index is 6.21. The van der Waals surface area contributed by atoms with Crippen molar-refractivity contribution in [1.29, 1.82) is 0 Å². The number of aromatic nitrogens is 1. The second kappa shape index (κ2) is 3.57. The molecule has 1 fully saturated rings. The third-order valence-electron chi connectivity index (χ3n) is 3.85. The molecule has 2 atom stereocenters. The van der Waals surface area contributed by atoms with Crippen LogP contribution in [0.2, 0.25) is 0 Å². The third-order valence-corrected chi connectivity index (χ3v) is 3.85. The first-order valence-corrected chi connectivity index (χ1v) is 6.16. The van der Waals surface area contributed by atoms with E-state index in [1.54, 1.807) is 0 Å². The number of fused-ring (bicyclic) bond motifs is 1. The number of hydrogen-bond acceptors (Lipinski definition) is 3. The molecule has 1 aromatic carbocycles. The van der Waals surface area contributed by atoms with Gasteiger partial charge >= 0.3 is 0 Å². The lowest BCUT2D eigenvalue weighted by molar-refractivity contribution is 0.433. The summed E-state index contributed by atoms with van der Waals surface area (Å²) >= 11 is 0. The van der Waals surface area contributed by atoms with Crippen molar-refractivity contribution >= 4 is 11.1 Å². The van der Waals surface area contributed by atoms with E-state index >= 15 is 0 Å². The maximum atomic E-state index is 6.21. The molecule has 0 saturated heterocycles. The van der Waals surface area contributed by atoms with Crippen LogP contribution in [0.5, 0.6) is 0 Å². The molecule has 90 valence electrons. The van der Waals surface area contributed by atoms with Crippen LogP contribution in [-0.2, 0) is 6.42 Å². The van der Waals surface area contributed by atoms with E-state index in [4.69, 9.17) is 10.2 Å². The monoisotopic (exact) mass is 230 g/mol. The average molecular weight is 230 g/mol. The van der Waals surface area contributed by atoms with Gasteiger partial charge in [0, 0.05) is 12.5 Å². The molecule has 1 saturated carbocycles. The van der Waals surface area contributed by atoms with Crippen LogP contribution < -0.4 is 5.73 Å². The molecule has 1 aliphatic rings. The highest BCUT2D eigenvalue weighted by molar-refractivity contribution is 5.72. The van der Waals surface area contributed by atoms with Crippen LogP contribution in [0, 0.1) is 11.3 Å². The zero-order chi connectivity index (χ0) is 12.0. The Morgan fingerprint density at radius 3 is 2.82 bits per heavy atom. The highest BCUT2D eigenvalue weighted by atomic mass is 16.3. The van der Waals surface area contributed by atoms with Crippen molar-refractivity contribution in [3.8, 4) is 0 Å². The summed E-state index contributed by atoms with van der Waals surface area (Å²) in [6.45, 7) is 4.53. The highest BCUT2D eigenvalue weighted by Gasteiger charge is 2.49. The molecular weight excluding hydrogens is 212 g/mol. The first-order valence-electron chi connectivity index (χ1n) is 6.16. The van der Waals surface area contributed by atoms with Crippen LogP contribution in [0.3, 0.4) is 0 Å². The smallest absolute Gasteiger partial charge is 0.197 e. The van der Waals surface area contributed by atoms with Crippen LogP contribution in [-0.4, -0.2) is 11.0 Å². The van der Waals surface area contributed by atoms with Crippen molar-refractivity contribution in [2.75, 3.05) is 0 Å². The Hall–Kier alpha value is -1.35. The fourth-order valence-electron chi connectivity index (χ4n) is 2.59. The molecule has 0 aliphatic heterocycles. The summed E-state index contributed by atoms with van der Waals surface area (Å²) in [6, 6.07) is 8.01. The van der Waals surface area contributed by atoms with Crippen molar-refractivity contribution in [3.63, 3.8) is 0 Å². The Balaban J connectivity index is 1.77. The van der Waals surface area contributed by atoms with E-state index in [-0.39, 0.29) is 6.04 Å². The van der Waals surface area contributed by atoms with Gasteiger partial charge in [0.1, 0.15) is 5.52 Å². The lowest BCUT2D eigenvalue weighted by Gasteiger charge is -2.10. The van der Waals surface area contributed by atoms with Crippen molar-refractivity contribution in [2.45, 2.75) is 32.7 Å². The van der Waals surface area contributed by atoms with Crippen molar-refractivity contribution < 1.29 is 4.42 Å². The third kappa shape index (κ3) is 1.95. The molecule has 1 heterocycles. The Morgan fingerprint density at radius 1 is 1.47 bits per heavy atom. The fraction of sp³-hybridized carbons (Fsp3) is 0.500. The predicted molar refractivity (Wildman–Crippen MR) is 67.6 cm³/mol. The first kappa shape index (κ1) is 10.8. The molecule has 3 rings (SSSR count). The second-order valence-electron chi connectivity index (χ2n) is 5.74. The zero-order valence-electron chi connectivity index (χ0n) is 10.3. The summed E-state index contributed by atoms with van der Waals surface area (Å²) in [6.07, 6.45) is 1.96. The normalized spacial score (nSPS) is 23.8. The minimum Gasteiger partial charge on any atom is -0.441 e. The standard InChI is InChI=1S/C14H18N2O/c1-14(2)8-9(14)10(15)7-13-16-11-5-3-4-6-12(11)17-13/h3-6,9-10H,7-8,15H2,1-2H3. The molecular formula is C14H18N2O. The minimum atomic E-state index is 0.165. The molecule has 2 N–H and O–H groups in total. The molecule has 1 aromatic heterocycles. The number of para-hydroxylation sites is 2.